The van der Waals surface area contributed by atoms with E-state index < -0.39 is 0 Å². The standard InChI is InChI=1S/C46H33N/c1-3-13-34(14-4-1)36-27-29-42(30-28-36)47(43-21-11-19-39(32-43)40-26-25-35-15-7-8-18-38(35)31-40)44-22-12-20-41(33-44)46-24-10-9-23-45(46)37-16-5-2-6-17-37/h1-33H. The van der Waals surface area contributed by atoms with Crippen LogP contribution in [-0.4, -0.2) is 0 Å². The monoisotopic (exact) mass is 599 g/mol. The van der Waals surface area contributed by atoms with Gasteiger partial charge < -0.3 is 4.90 Å². The fraction of sp³-hybridized carbons (Fsp3) is 0. The van der Waals surface area contributed by atoms with Crippen LogP contribution in [0.1, 0.15) is 0 Å². The molecule has 1 heteroatoms. The average molecular weight is 600 g/mol. The first kappa shape index (κ1) is 28.3. The number of rotatable bonds is 7. The minimum absolute atomic E-state index is 1.11. The molecule has 0 amide bonds. The van der Waals surface area contributed by atoms with Crippen LogP contribution in [0.25, 0.3) is 55.3 Å². The third-order valence-corrected chi connectivity index (χ3v) is 8.85. The van der Waals surface area contributed by atoms with Crippen LogP contribution in [0.4, 0.5) is 17.1 Å². The van der Waals surface area contributed by atoms with E-state index in [-0.39, 0.29) is 0 Å². The van der Waals surface area contributed by atoms with Crippen LogP contribution in [0.15, 0.2) is 200 Å². The molecule has 0 radical (unpaired) electrons. The lowest BCUT2D eigenvalue weighted by Gasteiger charge is -2.27. The fourth-order valence-electron chi connectivity index (χ4n) is 6.49. The van der Waals surface area contributed by atoms with Gasteiger partial charge >= 0.3 is 0 Å². The van der Waals surface area contributed by atoms with Crippen LogP contribution in [0.5, 0.6) is 0 Å². The predicted molar refractivity (Wildman–Crippen MR) is 200 cm³/mol. The van der Waals surface area contributed by atoms with Gasteiger partial charge in [0, 0.05) is 17.1 Å². The summed E-state index contributed by atoms with van der Waals surface area (Å²) in [6.07, 6.45) is 0. The highest BCUT2D eigenvalue weighted by Crippen LogP contribution is 2.40. The van der Waals surface area contributed by atoms with Crippen molar-refractivity contribution in [1.82, 2.24) is 0 Å². The lowest BCUT2D eigenvalue weighted by atomic mass is 9.94. The van der Waals surface area contributed by atoms with Crippen LogP contribution >= 0.6 is 0 Å². The number of anilines is 3. The maximum absolute atomic E-state index is 2.37. The Bertz CT molecular complexity index is 2290. The summed E-state index contributed by atoms with van der Waals surface area (Å²) in [6.45, 7) is 0. The molecular weight excluding hydrogens is 567 g/mol. The zero-order chi connectivity index (χ0) is 31.4. The zero-order valence-electron chi connectivity index (χ0n) is 26.0. The van der Waals surface area contributed by atoms with E-state index in [9.17, 15) is 0 Å². The summed E-state index contributed by atoms with van der Waals surface area (Å²) in [4.78, 5) is 2.37. The second kappa shape index (κ2) is 12.7. The molecule has 0 aliphatic rings. The Labute approximate surface area is 276 Å². The average Bonchev–Trinajstić information content (AvgIpc) is 3.16. The molecule has 0 bridgehead atoms. The SMILES string of the molecule is c1ccc(-c2ccc(N(c3cccc(-c4ccc5ccccc5c4)c3)c3cccc(-c4ccccc4-c4ccccc4)c3)cc2)cc1. The van der Waals surface area contributed by atoms with Gasteiger partial charge in [-0.05, 0) is 97.7 Å². The minimum Gasteiger partial charge on any atom is -0.310 e. The fourth-order valence-corrected chi connectivity index (χ4v) is 6.49. The molecule has 0 aliphatic heterocycles. The van der Waals surface area contributed by atoms with Crippen molar-refractivity contribution >= 4 is 27.8 Å². The molecule has 0 spiro atoms. The van der Waals surface area contributed by atoms with Crippen molar-refractivity contribution in [2.75, 3.05) is 4.90 Å². The topological polar surface area (TPSA) is 3.24 Å². The molecule has 0 unspecified atom stereocenters. The molecular formula is C46H33N. The van der Waals surface area contributed by atoms with Gasteiger partial charge in [0.1, 0.15) is 0 Å². The van der Waals surface area contributed by atoms with E-state index in [2.05, 4.69) is 205 Å². The van der Waals surface area contributed by atoms with Gasteiger partial charge in [-0.25, -0.2) is 0 Å². The predicted octanol–water partition coefficient (Wildman–Crippen LogP) is 13.0. The Morgan fingerprint density at radius 2 is 0.702 bits per heavy atom. The van der Waals surface area contributed by atoms with Crippen molar-refractivity contribution < 1.29 is 0 Å². The lowest BCUT2D eigenvalue weighted by Crippen LogP contribution is -2.10. The Balaban J connectivity index is 1.25. The van der Waals surface area contributed by atoms with E-state index in [1.807, 2.05) is 0 Å². The summed E-state index contributed by atoms with van der Waals surface area (Å²) in [5.74, 6) is 0. The van der Waals surface area contributed by atoms with Crippen LogP contribution in [-0.2, 0) is 0 Å². The van der Waals surface area contributed by atoms with Crippen LogP contribution in [0.2, 0.25) is 0 Å². The van der Waals surface area contributed by atoms with Crippen LogP contribution in [0.3, 0.4) is 0 Å². The lowest BCUT2D eigenvalue weighted by molar-refractivity contribution is 1.28. The number of hydrogen-bond acceptors (Lipinski definition) is 1. The van der Waals surface area contributed by atoms with Crippen molar-refractivity contribution in [3.8, 4) is 44.5 Å². The molecule has 8 aromatic carbocycles. The highest BCUT2D eigenvalue weighted by Gasteiger charge is 2.16. The second-order valence-electron chi connectivity index (χ2n) is 11.8. The summed E-state index contributed by atoms with van der Waals surface area (Å²) in [6, 6.07) is 71.9. The molecule has 8 aromatic rings. The maximum Gasteiger partial charge on any atom is 0.0467 e. The van der Waals surface area contributed by atoms with E-state index in [1.54, 1.807) is 0 Å². The molecule has 0 saturated heterocycles. The third-order valence-electron chi connectivity index (χ3n) is 8.85. The summed E-state index contributed by atoms with van der Waals surface area (Å²) in [5.41, 5.74) is 12.9. The molecule has 8 rings (SSSR count). The first-order chi connectivity index (χ1) is 23.3. The van der Waals surface area contributed by atoms with Gasteiger partial charge in [-0.1, -0.05) is 158 Å². The number of fused-ring (bicyclic) bond motifs is 1. The van der Waals surface area contributed by atoms with Gasteiger partial charge in [0.2, 0.25) is 0 Å². The Kier molecular flexibility index (Phi) is 7.63. The summed E-state index contributed by atoms with van der Waals surface area (Å²) in [5, 5.41) is 2.49. The number of hydrogen-bond donors (Lipinski definition) is 0. The van der Waals surface area contributed by atoms with Crippen molar-refractivity contribution in [3.63, 3.8) is 0 Å². The van der Waals surface area contributed by atoms with Gasteiger partial charge in [-0.2, -0.15) is 0 Å². The molecule has 222 valence electrons. The highest BCUT2D eigenvalue weighted by atomic mass is 15.1. The minimum atomic E-state index is 1.11. The van der Waals surface area contributed by atoms with Crippen molar-refractivity contribution in [2.45, 2.75) is 0 Å². The van der Waals surface area contributed by atoms with E-state index in [4.69, 9.17) is 0 Å². The molecule has 0 N–H and O–H groups in total. The zero-order valence-corrected chi connectivity index (χ0v) is 26.0. The second-order valence-corrected chi connectivity index (χ2v) is 11.8. The van der Waals surface area contributed by atoms with Crippen LogP contribution < -0.4 is 4.90 Å². The molecule has 0 aromatic heterocycles. The van der Waals surface area contributed by atoms with E-state index in [0.717, 1.165) is 17.1 Å². The van der Waals surface area contributed by atoms with E-state index in [0.29, 0.717) is 0 Å². The summed E-state index contributed by atoms with van der Waals surface area (Å²) < 4.78 is 0. The van der Waals surface area contributed by atoms with E-state index in [1.165, 1.54) is 55.3 Å². The van der Waals surface area contributed by atoms with Crippen molar-refractivity contribution in [3.05, 3.63) is 200 Å². The first-order valence-electron chi connectivity index (χ1n) is 16.1. The van der Waals surface area contributed by atoms with E-state index >= 15 is 0 Å². The molecule has 0 fully saturated rings. The normalized spacial score (nSPS) is 11.0. The summed E-state index contributed by atoms with van der Waals surface area (Å²) in [7, 11) is 0. The smallest absolute Gasteiger partial charge is 0.0467 e. The summed E-state index contributed by atoms with van der Waals surface area (Å²) >= 11 is 0. The molecule has 47 heavy (non-hydrogen) atoms. The first-order valence-corrected chi connectivity index (χ1v) is 16.1. The molecule has 0 saturated carbocycles. The third kappa shape index (κ3) is 5.83. The van der Waals surface area contributed by atoms with Gasteiger partial charge in [0.05, 0.1) is 0 Å². The molecule has 0 atom stereocenters. The molecule has 1 nitrogen and oxygen atoms in total. The Hall–Kier alpha value is -6.18. The van der Waals surface area contributed by atoms with Gasteiger partial charge in [-0.3, -0.25) is 0 Å². The van der Waals surface area contributed by atoms with Gasteiger partial charge in [0.25, 0.3) is 0 Å². The largest absolute Gasteiger partial charge is 0.310 e. The van der Waals surface area contributed by atoms with Crippen molar-refractivity contribution in [1.29, 1.82) is 0 Å². The number of nitrogens with zero attached hydrogens (tertiary/aromatic N) is 1. The Morgan fingerprint density at radius 3 is 1.40 bits per heavy atom. The quantitative estimate of drug-likeness (QED) is 0.176. The van der Waals surface area contributed by atoms with Gasteiger partial charge in [-0.15, -0.1) is 0 Å². The maximum atomic E-state index is 2.37. The molecule has 0 heterocycles. The van der Waals surface area contributed by atoms with Crippen molar-refractivity contribution in [2.24, 2.45) is 0 Å². The van der Waals surface area contributed by atoms with Gasteiger partial charge in [0.15, 0.2) is 0 Å². The number of benzene rings is 8. The molecule has 0 aliphatic carbocycles. The highest BCUT2D eigenvalue weighted by molar-refractivity contribution is 5.90. The Morgan fingerprint density at radius 1 is 0.234 bits per heavy atom. The van der Waals surface area contributed by atoms with Crippen LogP contribution in [0, 0.1) is 0 Å².